The van der Waals surface area contributed by atoms with E-state index in [2.05, 4.69) is 5.32 Å². The van der Waals surface area contributed by atoms with Crippen molar-refractivity contribution in [2.75, 3.05) is 12.4 Å². The number of rotatable bonds is 6. The molecule has 148 valence electrons. The van der Waals surface area contributed by atoms with Gasteiger partial charge in [0.05, 0.1) is 18.4 Å². The smallest absolute Gasteiger partial charge is 0.339 e. The zero-order valence-corrected chi connectivity index (χ0v) is 16.0. The van der Waals surface area contributed by atoms with Gasteiger partial charge in [0.1, 0.15) is 12.2 Å². The summed E-state index contributed by atoms with van der Waals surface area (Å²) >= 11 is 0. The van der Waals surface area contributed by atoms with Gasteiger partial charge in [-0.05, 0) is 36.8 Å². The van der Waals surface area contributed by atoms with E-state index < -0.39 is 17.4 Å². The van der Waals surface area contributed by atoms with Crippen LogP contribution in [0.3, 0.4) is 0 Å². The third-order valence-electron chi connectivity index (χ3n) is 4.19. The molecule has 1 N–H and O–H groups in total. The van der Waals surface area contributed by atoms with E-state index in [1.165, 1.54) is 25.4 Å². The molecular formula is C22H20N2O5. The maximum Gasteiger partial charge on any atom is 0.339 e. The monoisotopic (exact) mass is 392 g/mol. The summed E-state index contributed by atoms with van der Waals surface area (Å²) in [6.07, 6.45) is 1.44. The minimum Gasteiger partial charge on any atom is -0.465 e. The number of benzene rings is 2. The first-order valence-electron chi connectivity index (χ1n) is 8.89. The molecule has 2 aromatic carbocycles. The zero-order chi connectivity index (χ0) is 20.8. The van der Waals surface area contributed by atoms with Crippen LogP contribution in [0.25, 0.3) is 0 Å². The molecule has 0 unspecified atom stereocenters. The second-order valence-corrected chi connectivity index (χ2v) is 6.31. The number of hydrogen-bond acceptors (Lipinski definition) is 5. The number of amides is 1. The van der Waals surface area contributed by atoms with Crippen molar-refractivity contribution in [2.24, 2.45) is 0 Å². The summed E-state index contributed by atoms with van der Waals surface area (Å²) in [5.74, 6) is -1.24. The van der Waals surface area contributed by atoms with Crippen molar-refractivity contribution in [3.05, 3.63) is 99.5 Å². The van der Waals surface area contributed by atoms with Gasteiger partial charge in [0.15, 0.2) is 0 Å². The lowest BCUT2D eigenvalue weighted by atomic mass is 10.1. The van der Waals surface area contributed by atoms with E-state index in [0.29, 0.717) is 0 Å². The number of aryl methyl sites for hydroxylation is 1. The van der Waals surface area contributed by atoms with Crippen LogP contribution in [-0.4, -0.2) is 23.7 Å². The second-order valence-electron chi connectivity index (χ2n) is 6.31. The van der Waals surface area contributed by atoms with Crippen LogP contribution >= 0.6 is 0 Å². The highest BCUT2D eigenvalue weighted by molar-refractivity contribution is 6.07. The van der Waals surface area contributed by atoms with E-state index in [1.807, 2.05) is 31.2 Å². The van der Waals surface area contributed by atoms with E-state index in [9.17, 15) is 14.4 Å². The highest BCUT2D eigenvalue weighted by Gasteiger charge is 2.17. The first kappa shape index (κ1) is 19.9. The Morgan fingerprint density at radius 2 is 1.76 bits per heavy atom. The van der Waals surface area contributed by atoms with E-state index in [0.717, 1.165) is 15.9 Å². The third-order valence-corrected chi connectivity index (χ3v) is 4.19. The van der Waals surface area contributed by atoms with Gasteiger partial charge < -0.3 is 14.9 Å². The molecule has 0 bridgehead atoms. The van der Waals surface area contributed by atoms with Crippen LogP contribution < -0.4 is 15.7 Å². The Balaban J connectivity index is 1.80. The Hall–Kier alpha value is -3.87. The molecule has 0 aliphatic rings. The van der Waals surface area contributed by atoms with Crippen molar-refractivity contribution < 1.29 is 19.2 Å². The van der Waals surface area contributed by atoms with E-state index >= 15 is 0 Å². The molecule has 1 amide bonds. The molecule has 3 rings (SSSR count). The van der Waals surface area contributed by atoms with Crippen molar-refractivity contribution in [3.63, 3.8) is 0 Å². The van der Waals surface area contributed by atoms with E-state index in [4.69, 9.17) is 9.57 Å². The van der Waals surface area contributed by atoms with Crippen LogP contribution in [-0.2, 0) is 11.3 Å². The Morgan fingerprint density at radius 1 is 1.00 bits per heavy atom. The minimum atomic E-state index is -0.653. The van der Waals surface area contributed by atoms with Gasteiger partial charge in [0.25, 0.3) is 11.5 Å². The number of nitrogens with zero attached hydrogens (tertiary/aromatic N) is 1. The summed E-state index contributed by atoms with van der Waals surface area (Å²) in [6, 6.07) is 17.0. The summed E-state index contributed by atoms with van der Waals surface area (Å²) in [7, 11) is 1.25. The third kappa shape index (κ3) is 4.70. The molecular weight excluding hydrogens is 372 g/mol. The van der Waals surface area contributed by atoms with Crippen molar-refractivity contribution in [1.82, 2.24) is 4.73 Å². The highest BCUT2D eigenvalue weighted by Crippen LogP contribution is 2.16. The van der Waals surface area contributed by atoms with Gasteiger partial charge in [0.2, 0.25) is 0 Å². The van der Waals surface area contributed by atoms with Crippen molar-refractivity contribution >= 4 is 17.6 Å². The Labute approximate surface area is 167 Å². The fourth-order valence-electron chi connectivity index (χ4n) is 2.77. The maximum absolute atomic E-state index is 12.6. The number of carbonyl (C=O) groups is 2. The number of para-hydroxylation sites is 1. The molecule has 0 fully saturated rings. The Kier molecular flexibility index (Phi) is 6.09. The fourth-order valence-corrected chi connectivity index (χ4v) is 2.77. The quantitative estimate of drug-likeness (QED) is 0.652. The maximum atomic E-state index is 12.6. The first-order valence-corrected chi connectivity index (χ1v) is 8.89. The van der Waals surface area contributed by atoms with Gasteiger partial charge in [0, 0.05) is 6.20 Å². The largest absolute Gasteiger partial charge is 0.465 e. The molecule has 1 heterocycles. The van der Waals surface area contributed by atoms with Crippen LogP contribution in [0.4, 0.5) is 5.69 Å². The number of methoxy groups -OCH3 is 1. The number of pyridine rings is 1. The summed E-state index contributed by atoms with van der Waals surface area (Å²) in [5, 5.41) is 2.58. The van der Waals surface area contributed by atoms with Gasteiger partial charge in [-0.15, -0.1) is 0 Å². The number of esters is 1. The number of nitrogens with one attached hydrogen (secondary N) is 1. The van der Waals surface area contributed by atoms with Crippen LogP contribution in [0.5, 0.6) is 0 Å². The summed E-state index contributed by atoms with van der Waals surface area (Å²) in [6.45, 7) is 2.14. The highest BCUT2D eigenvalue weighted by atomic mass is 16.7. The molecule has 0 spiro atoms. The standard InChI is InChI=1S/C22H20N2O5/c1-15-7-5-8-16(13-15)14-29-24-12-6-10-18(21(24)26)20(25)23-19-11-4-3-9-17(19)22(27)28-2/h3-13H,14H2,1-2H3,(H,23,25). The molecule has 0 aliphatic heterocycles. The van der Waals surface area contributed by atoms with Crippen LogP contribution in [0.15, 0.2) is 71.7 Å². The normalized spacial score (nSPS) is 10.3. The van der Waals surface area contributed by atoms with Crippen LogP contribution in [0, 0.1) is 6.92 Å². The average molecular weight is 392 g/mol. The molecule has 1 aromatic heterocycles. The zero-order valence-electron chi connectivity index (χ0n) is 16.0. The van der Waals surface area contributed by atoms with Gasteiger partial charge in [-0.2, -0.15) is 4.73 Å². The van der Waals surface area contributed by atoms with Crippen molar-refractivity contribution in [1.29, 1.82) is 0 Å². The molecule has 0 radical (unpaired) electrons. The lowest BCUT2D eigenvalue weighted by Crippen LogP contribution is -2.32. The molecule has 29 heavy (non-hydrogen) atoms. The lowest BCUT2D eigenvalue weighted by molar-refractivity contribution is 0.0602. The number of anilines is 1. The van der Waals surface area contributed by atoms with Gasteiger partial charge >= 0.3 is 5.97 Å². The Morgan fingerprint density at radius 3 is 2.52 bits per heavy atom. The molecule has 7 heteroatoms. The van der Waals surface area contributed by atoms with E-state index in [-0.39, 0.29) is 23.4 Å². The summed E-state index contributed by atoms with van der Waals surface area (Å²) < 4.78 is 5.73. The van der Waals surface area contributed by atoms with Crippen molar-refractivity contribution in [2.45, 2.75) is 13.5 Å². The Bertz CT molecular complexity index is 1100. The first-order chi connectivity index (χ1) is 14.0. The molecule has 0 atom stereocenters. The minimum absolute atomic E-state index is 0.114. The number of aromatic nitrogens is 1. The number of carbonyl (C=O) groups excluding carboxylic acids is 2. The van der Waals surface area contributed by atoms with E-state index in [1.54, 1.807) is 24.3 Å². The van der Waals surface area contributed by atoms with Crippen LogP contribution in [0.1, 0.15) is 31.8 Å². The molecule has 0 saturated carbocycles. The van der Waals surface area contributed by atoms with Gasteiger partial charge in [-0.25, -0.2) is 4.79 Å². The SMILES string of the molecule is COC(=O)c1ccccc1NC(=O)c1cccn(OCc2cccc(C)c2)c1=O. The van der Waals surface area contributed by atoms with Gasteiger partial charge in [-0.1, -0.05) is 42.0 Å². The summed E-state index contributed by atoms with van der Waals surface area (Å²) in [5.41, 5.74) is 1.70. The molecule has 0 aliphatic carbocycles. The predicted octanol–water partition coefficient (Wildman–Crippen LogP) is 2.82. The second kappa shape index (κ2) is 8.88. The average Bonchev–Trinajstić information content (AvgIpc) is 2.73. The molecule has 0 saturated heterocycles. The lowest BCUT2D eigenvalue weighted by Gasteiger charge is -2.12. The van der Waals surface area contributed by atoms with Crippen LogP contribution in [0.2, 0.25) is 0 Å². The number of ether oxygens (including phenoxy) is 1. The van der Waals surface area contributed by atoms with Gasteiger partial charge in [-0.3, -0.25) is 9.59 Å². The topological polar surface area (TPSA) is 86.6 Å². The molecule has 7 nitrogen and oxygen atoms in total. The predicted molar refractivity (Wildman–Crippen MR) is 108 cm³/mol. The van der Waals surface area contributed by atoms with Crippen molar-refractivity contribution in [3.8, 4) is 0 Å². The molecule has 3 aromatic rings. The summed E-state index contributed by atoms with van der Waals surface area (Å²) in [4.78, 5) is 42.7. The number of hydrogen-bond donors (Lipinski definition) is 1. The fraction of sp³-hybridized carbons (Fsp3) is 0.136.